The lowest BCUT2D eigenvalue weighted by molar-refractivity contribution is -0.218. The summed E-state index contributed by atoms with van der Waals surface area (Å²) in [6.45, 7) is 0. The molecule has 2 unspecified atom stereocenters. The number of hydrogen-bond acceptors (Lipinski definition) is 2. The van der Waals surface area contributed by atoms with Crippen LogP contribution in [0.3, 0.4) is 0 Å². The maximum Gasteiger partial charge on any atom is 0.0875 e. The first-order valence-electron chi connectivity index (χ1n) is 6.73. The topological polar surface area (TPSA) is 25.1 Å². The average Bonchev–Trinajstić information content (AvgIpc) is 3.04. The van der Waals surface area contributed by atoms with Gasteiger partial charge in [0.25, 0.3) is 0 Å². The first kappa shape index (κ1) is 7.29. The lowest BCUT2D eigenvalue weighted by Crippen LogP contribution is -2.65. The Labute approximate surface area is 89.3 Å². The van der Waals surface area contributed by atoms with Gasteiger partial charge in [-0.15, -0.1) is 0 Å². The van der Waals surface area contributed by atoms with E-state index < -0.39 is 0 Å². The van der Waals surface area contributed by atoms with Crippen LogP contribution >= 0.6 is 0 Å². The van der Waals surface area contributed by atoms with Crippen molar-refractivity contribution in [2.45, 2.75) is 43.7 Å². The predicted octanol–water partition coefficient (Wildman–Crippen LogP) is 1.44. The first-order valence-corrected chi connectivity index (χ1v) is 6.73. The standard InChI is InChI=1S/C13H16O2/c1-4-5(2-8-7(1)14-8)11-10(4)6-3-9-13(15-9)12(6)11/h4-13H,1-3H2/t4-,5+,6+,7-,8+,9-,10?,11?,12+,13-/m1/s1. The van der Waals surface area contributed by atoms with E-state index in [-0.39, 0.29) is 0 Å². The second-order valence-corrected chi connectivity index (χ2v) is 6.78. The molecule has 80 valence electrons. The number of rotatable bonds is 0. The van der Waals surface area contributed by atoms with Crippen molar-refractivity contribution in [3.63, 3.8) is 0 Å². The van der Waals surface area contributed by atoms with Crippen molar-refractivity contribution in [2.75, 3.05) is 0 Å². The van der Waals surface area contributed by atoms with E-state index in [0.29, 0.717) is 18.3 Å². The Balaban J connectivity index is 1.37. The van der Waals surface area contributed by atoms with Crippen LogP contribution in [0.5, 0.6) is 0 Å². The number of epoxide rings is 2. The SMILES string of the molecule is C1[C@@H]2O[C@@H]2C[C@H]2C3C([C@H]4[C@@H]5O[C@@H]5C[C@@H]34)[C@@H]12. The normalized spacial score (nSPS) is 80.0. The van der Waals surface area contributed by atoms with E-state index in [9.17, 15) is 0 Å². The Morgan fingerprint density at radius 1 is 0.600 bits per heavy atom. The maximum atomic E-state index is 5.73. The molecule has 2 saturated heterocycles. The smallest absolute Gasteiger partial charge is 0.0875 e. The highest BCUT2D eigenvalue weighted by Gasteiger charge is 2.76. The molecule has 2 heterocycles. The van der Waals surface area contributed by atoms with Crippen LogP contribution in [0.15, 0.2) is 0 Å². The van der Waals surface area contributed by atoms with Crippen molar-refractivity contribution in [1.29, 1.82) is 0 Å². The summed E-state index contributed by atoms with van der Waals surface area (Å²) < 4.78 is 11.4. The van der Waals surface area contributed by atoms with E-state index >= 15 is 0 Å². The summed E-state index contributed by atoms with van der Waals surface area (Å²) in [6.07, 6.45) is 7.03. The maximum absolute atomic E-state index is 5.73. The third-order valence-electron chi connectivity index (χ3n) is 6.62. The van der Waals surface area contributed by atoms with Crippen molar-refractivity contribution in [2.24, 2.45) is 35.5 Å². The highest BCUT2D eigenvalue weighted by Crippen LogP contribution is 2.76. The van der Waals surface area contributed by atoms with Gasteiger partial charge in [0.2, 0.25) is 0 Å². The van der Waals surface area contributed by atoms with Crippen LogP contribution in [0.25, 0.3) is 0 Å². The minimum absolute atomic E-state index is 0.684. The molecule has 6 fully saturated rings. The van der Waals surface area contributed by atoms with Gasteiger partial charge >= 0.3 is 0 Å². The molecule has 10 atom stereocenters. The van der Waals surface area contributed by atoms with Crippen LogP contribution in [0.4, 0.5) is 0 Å². The summed E-state index contributed by atoms with van der Waals surface area (Å²) in [6, 6.07) is 0. The molecule has 0 aromatic rings. The van der Waals surface area contributed by atoms with Gasteiger partial charge < -0.3 is 9.47 Å². The molecular weight excluding hydrogens is 188 g/mol. The van der Waals surface area contributed by atoms with Crippen LogP contribution in [-0.4, -0.2) is 24.4 Å². The van der Waals surface area contributed by atoms with Crippen LogP contribution in [0.2, 0.25) is 0 Å². The zero-order chi connectivity index (χ0) is 9.31. The molecule has 0 aromatic carbocycles. The molecule has 2 nitrogen and oxygen atoms in total. The molecule has 0 N–H and O–H groups in total. The van der Waals surface area contributed by atoms with Gasteiger partial charge in [-0.1, -0.05) is 0 Å². The second kappa shape index (κ2) is 1.91. The third kappa shape index (κ3) is 0.632. The highest BCUT2D eigenvalue weighted by molar-refractivity contribution is 5.23. The largest absolute Gasteiger partial charge is 0.370 e. The fraction of sp³-hybridized carbons (Fsp3) is 1.00. The summed E-state index contributed by atoms with van der Waals surface area (Å²) in [5, 5.41) is 0. The van der Waals surface area contributed by atoms with Gasteiger partial charge in [0.05, 0.1) is 24.4 Å². The van der Waals surface area contributed by atoms with Crippen molar-refractivity contribution >= 4 is 0 Å². The zero-order valence-electron chi connectivity index (χ0n) is 8.71. The van der Waals surface area contributed by atoms with Gasteiger partial charge in [0, 0.05) is 0 Å². The van der Waals surface area contributed by atoms with E-state index in [0.717, 1.165) is 41.6 Å². The molecular formula is C13H16O2. The van der Waals surface area contributed by atoms with E-state index in [1.807, 2.05) is 0 Å². The van der Waals surface area contributed by atoms with Crippen molar-refractivity contribution in [3.8, 4) is 0 Å². The van der Waals surface area contributed by atoms with E-state index in [1.165, 1.54) is 19.3 Å². The fourth-order valence-corrected chi connectivity index (χ4v) is 6.06. The fourth-order valence-electron chi connectivity index (χ4n) is 6.06. The van der Waals surface area contributed by atoms with Gasteiger partial charge in [0.15, 0.2) is 0 Å². The Morgan fingerprint density at radius 3 is 2.20 bits per heavy atom. The number of fused-ring (bicyclic) bond motifs is 10. The molecule has 4 saturated carbocycles. The second-order valence-electron chi connectivity index (χ2n) is 6.78. The van der Waals surface area contributed by atoms with Crippen molar-refractivity contribution < 1.29 is 9.47 Å². The first-order chi connectivity index (χ1) is 7.42. The summed E-state index contributed by atoms with van der Waals surface area (Å²) in [5.41, 5.74) is 0. The summed E-state index contributed by atoms with van der Waals surface area (Å²) in [5.74, 6) is 6.37. The van der Waals surface area contributed by atoms with Crippen LogP contribution < -0.4 is 0 Å². The van der Waals surface area contributed by atoms with Gasteiger partial charge in [-0.05, 0) is 54.8 Å². The highest BCUT2D eigenvalue weighted by atomic mass is 16.6. The summed E-state index contributed by atoms with van der Waals surface area (Å²) >= 11 is 0. The Hall–Kier alpha value is -0.0800. The molecule has 0 bridgehead atoms. The van der Waals surface area contributed by atoms with Crippen molar-refractivity contribution in [1.82, 2.24) is 0 Å². The van der Waals surface area contributed by atoms with Gasteiger partial charge in [-0.25, -0.2) is 0 Å². The molecule has 2 aliphatic heterocycles. The molecule has 6 rings (SSSR count). The molecule has 4 aliphatic carbocycles. The van der Waals surface area contributed by atoms with Crippen molar-refractivity contribution in [3.05, 3.63) is 0 Å². The van der Waals surface area contributed by atoms with E-state index in [4.69, 9.17) is 9.47 Å². The summed E-state index contributed by atoms with van der Waals surface area (Å²) in [4.78, 5) is 0. The minimum atomic E-state index is 0.684. The lowest BCUT2D eigenvalue weighted by atomic mass is 9.36. The molecule has 0 radical (unpaired) electrons. The van der Waals surface area contributed by atoms with Crippen LogP contribution in [0.1, 0.15) is 19.3 Å². The monoisotopic (exact) mass is 204 g/mol. The van der Waals surface area contributed by atoms with Gasteiger partial charge in [-0.2, -0.15) is 0 Å². The molecule has 15 heavy (non-hydrogen) atoms. The molecule has 0 aromatic heterocycles. The number of hydrogen-bond donors (Lipinski definition) is 0. The quantitative estimate of drug-likeness (QED) is 0.558. The molecule has 0 amide bonds. The van der Waals surface area contributed by atoms with E-state index in [1.54, 1.807) is 0 Å². The predicted molar refractivity (Wildman–Crippen MR) is 52.1 cm³/mol. The van der Waals surface area contributed by atoms with Gasteiger partial charge in [0.1, 0.15) is 0 Å². The van der Waals surface area contributed by atoms with Crippen LogP contribution in [0, 0.1) is 35.5 Å². The zero-order valence-corrected chi connectivity index (χ0v) is 8.71. The Morgan fingerprint density at radius 2 is 1.33 bits per heavy atom. The number of ether oxygens (including phenoxy) is 2. The Kier molecular flexibility index (Phi) is 0.926. The molecule has 2 heteroatoms. The third-order valence-corrected chi connectivity index (χ3v) is 6.62. The Bertz CT molecular complexity index is 362. The summed E-state index contributed by atoms with van der Waals surface area (Å²) in [7, 11) is 0. The lowest BCUT2D eigenvalue weighted by Gasteiger charge is -2.68. The van der Waals surface area contributed by atoms with E-state index in [2.05, 4.69) is 0 Å². The average molecular weight is 204 g/mol. The molecule has 0 spiro atoms. The van der Waals surface area contributed by atoms with Crippen LogP contribution in [-0.2, 0) is 9.47 Å². The minimum Gasteiger partial charge on any atom is -0.370 e. The molecule has 6 aliphatic rings. The van der Waals surface area contributed by atoms with Gasteiger partial charge in [-0.3, -0.25) is 0 Å².